The van der Waals surface area contributed by atoms with E-state index in [0.717, 1.165) is 12.0 Å². The SMILES string of the molecule is N[C@@H](Cc1ccccc1)C(=O)N1CCC[C@@H]1C(=O)NCCCNc1cccc2c1C(=O)c1ccccc1C2=O. The van der Waals surface area contributed by atoms with E-state index in [2.05, 4.69) is 10.6 Å². The van der Waals surface area contributed by atoms with Crippen molar-refractivity contribution in [3.05, 3.63) is 101 Å². The lowest BCUT2D eigenvalue weighted by atomic mass is 9.83. The lowest BCUT2D eigenvalue weighted by Crippen LogP contribution is -2.52. The summed E-state index contributed by atoms with van der Waals surface area (Å²) < 4.78 is 0. The Labute approximate surface area is 227 Å². The number of benzene rings is 3. The lowest BCUT2D eigenvalue weighted by Gasteiger charge is -2.27. The van der Waals surface area contributed by atoms with Gasteiger partial charge in [-0.1, -0.05) is 66.7 Å². The molecule has 1 aliphatic carbocycles. The van der Waals surface area contributed by atoms with Crippen LogP contribution in [0.15, 0.2) is 72.8 Å². The fourth-order valence-corrected chi connectivity index (χ4v) is 5.40. The number of fused-ring (bicyclic) bond motifs is 2. The zero-order valence-corrected chi connectivity index (χ0v) is 21.7. The number of amides is 2. The normalized spacial score (nSPS) is 16.8. The van der Waals surface area contributed by atoms with Crippen molar-refractivity contribution in [1.82, 2.24) is 10.2 Å². The second-order valence-corrected chi connectivity index (χ2v) is 9.99. The van der Waals surface area contributed by atoms with Crippen LogP contribution in [0.3, 0.4) is 0 Å². The first-order valence-electron chi connectivity index (χ1n) is 13.4. The van der Waals surface area contributed by atoms with Crippen LogP contribution in [0.1, 0.15) is 56.7 Å². The molecule has 1 saturated heterocycles. The van der Waals surface area contributed by atoms with Gasteiger partial charge in [-0.05, 0) is 37.3 Å². The first-order valence-corrected chi connectivity index (χ1v) is 13.4. The van der Waals surface area contributed by atoms with Crippen molar-refractivity contribution >= 4 is 29.1 Å². The number of likely N-dealkylation sites (tertiary alicyclic amines) is 1. The lowest BCUT2D eigenvalue weighted by molar-refractivity contribution is -0.139. The molecule has 0 saturated carbocycles. The molecular weight excluding hydrogens is 492 g/mol. The molecule has 0 aromatic heterocycles. The predicted octanol–water partition coefficient (Wildman–Crippen LogP) is 2.94. The number of rotatable bonds is 9. The average molecular weight is 525 g/mol. The molecule has 5 rings (SSSR count). The molecule has 0 unspecified atom stereocenters. The fraction of sp³-hybridized carbons (Fsp3) is 0.290. The van der Waals surface area contributed by atoms with E-state index >= 15 is 0 Å². The number of hydrogen-bond acceptors (Lipinski definition) is 6. The third-order valence-corrected chi connectivity index (χ3v) is 7.37. The van der Waals surface area contributed by atoms with Gasteiger partial charge in [0.1, 0.15) is 6.04 Å². The Bertz CT molecular complexity index is 1400. The van der Waals surface area contributed by atoms with E-state index in [4.69, 9.17) is 5.73 Å². The van der Waals surface area contributed by atoms with Crippen LogP contribution < -0.4 is 16.4 Å². The van der Waals surface area contributed by atoms with E-state index in [-0.39, 0.29) is 23.4 Å². The second-order valence-electron chi connectivity index (χ2n) is 9.99. The van der Waals surface area contributed by atoms with Crippen LogP contribution in [-0.4, -0.2) is 60.0 Å². The summed E-state index contributed by atoms with van der Waals surface area (Å²) >= 11 is 0. The van der Waals surface area contributed by atoms with Crippen molar-refractivity contribution in [2.45, 2.75) is 37.8 Å². The van der Waals surface area contributed by atoms with Crippen LogP contribution in [-0.2, 0) is 16.0 Å². The summed E-state index contributed by atoms with van der Waals surface area (Å²) in [5.74, 6) is -0.710. The molecule has 3 aromatic carbocycles. The Morgan fingerprint density at radius 3 is 2.33 bits per heavy atom. The van der Waals surface area contributed by atoms with Crippen molar-refractivity contribution in [3.8, 4) is 0 Å². The monoisotopic (exact) mass is 524 g/mol. The van der Waals surface area contributed by atoms with Gasteiger partial charge in [0.25, 0.3) is 0 Å². The molecule has 1 heterocycles. The first kappa shape index (κ1) is 26.3. The minimum atomic E-state index is -0.691. The van der Waals surface area contributed by atoms with Crippen LogP contribution in [0.5, 0.6) is 0 Å². The predicted molar refractivity (Wildman–Crippen MR) is 149 cm³/mol. The highest BCUT2D eigenvalue weighted by atomic mass is 16.2. The summed E-state index contributed by atoms with van der Waals surface area (Å²) in [5.41, 5.74) is 9.42. The third kappa shape index (κ3) is 5.47. The number of hydrogen-bond donors (Lipinski definition) is 3. The molecule has 3 aromatic rings. The van der Waals surface area contributed by atoms with Gasteiger partial charge in [-0.25, -0.2) is 0 Å². The molecule has 8 nitrogen and oxygen atoms in total. The molecule has 2 amide bonds. The number of ketones is 2. The topological polar surface area (TPSA) is 122 Å². The maximum Gasteiger partial charge on any atom is 0.242 e. The summed E-state index contributed by atoms with van der Waals surface area (Å²) in [6.45, 7) is 1.43. The Morgan fingerprint density at radius 1 is 0.872 bits per heavy atom. The van der Waals surface area contributed by atoms with E-state index in [1.807, 2.05) is 30.3 Å². The number of nitrogens with one attached hydrogen (secondary N) is 2. The Kier molecular flexibility index (Phi) is 7.84. The first-order chi connectivity index (χ1) is 19.0. The van der Waals surface area contributed by atoms with E-state index in [9.17, 15) is 19.2 Å². The zero-order valence-electron chi connectivity index (χ0n) is 21.7. The molecule has 0 spiro atoms. The maximum atomic E-state index is 13.1. The summed E-state index contributed by atoms with van der Waals surface area (Å²) in [5, 5.41) is 6.20. The van der Waals surface area contributed by atoms with Crippen LogP contribution in [0.25, 0.3) is 0 Å². The van der Waals surface area contributed by atoms with Crippen molar-refractivity contribution in [3.63, 3.8) is 0 Å². The molecule has 200 valence electrons. The maximum absolute atomic E-state index is 13.1. The van der Waals surface area contributed by atoms with Gasteiger partial charge in [0.2, 0.25) is 11.8 Å². The van der Waals surface area contributed by atoms with Gasteiger partial charge in [-0.2, -0.15) is 0 Å². The van der Waals surface area contributed by atoms with Gasteiger partial charge < -0.3 is 21.3 Å². The molecule has 2 atom stereocenters. The number of nitrogens with zero attached hydrogens (tertiary/aromatic N) is 1. The standard InChI is InChI=1S/C31H32N4O4/c32-24(19-20-9-2-1-3-10-20)31(39)35-18-7-15-26(35)30(38)34-17-8-16-33-25-14-6-13-23-27(25)29(37)22-12-5-4-11-21(22)28(23)36/h1-6,9-14,24,26,33H,7-8,15-19,32H2,(H,34,38)/t24-,26+/m0/s1. The Balaban J connectivity index is 1.13. The second kappa shape index (κ2) is 11.6. The zero-order chi connectivity index (χ0) is 27.4. The van der Waals surface area contributed by atoms with Crippen LogP contribution in [0.4, 0.5) is 5.69 Å². The van der Waals surface area contributed by atoms with Gasteiger partial charge >= 0.3 is 0 Å². The summed E-state index contributed by atoms with van der Waals surface area (Å²) in [6, 6.07) is 20.5. The summed E-state index contributed by atoms with van der Waals surface area (Å²) in [7, 11) is 0. The molecule has 8 heteroatoms. The number of nitrogens with two attached hydrogens (primary N) is 1. The molecule has 2 aliphatic rings. The van der Waals surface area contributed by atoms with Gasteiger partial charge in [-0.15, -0.1) is 0 Å². The Morgan fingerprint density at radius 2 is 1.56 bits per heavy atom. The van der Waals surface area contributed by atoms with Crippen molar-refractivity contribution in [2.24, 2.45) is 5.73 Å². The van der Waals surface area contributed by atoms with Crippen LogP contribution in [0, 0.1) is 0 Å². The number of carbonyl (C=O) groups is 4. The largest absolute Gasteiger partial charge is 0.384 e. The fourth-order valence-electron chi connectivity index (χ4n) is 5.40. The van der Waals surface area contributed by atoms with Gasteiger partial charge in [0, 0.05) is 42.0 Å². The van der Waals surface area contributed by atoms with Crippen molar-refractivity contribution < 1.29 is 19.2 Å². The van der Waals surface area contributed by atoms with E-state index in [1.54, 1.807) is 47.4 Å². The van der Waals surface area contributed by atoms with Crippen molar-refractivity contribution in [2.75, 3.05) is 25.0 Å². The quantitative estimate of drug-likeness (QED) is 0.290. The van der Waals surface area contributed by atoms with Gasteiger partial charge in [0.05, 0.1) is 11.6 Å². The van der Waals surface area contributed by atoms with Crippen LogP contribution >= 0.6 is 0 Å². The van der Waals surface area contributed by atoms with E-state index < -0.39 is 12.1 Å². The molecular formula is C31H32N4O4. The highest BCUT2D eigenvalue weighted by molar-refractivity contribution is 6.30. The van der Waals surface area contributed by atoms with Gasteiger partial charge in [-0.3, -0.25) is 19.2 Å². The minimum Gasteiger partial charge on any atom is -0.384 e. The minimum absolute atomic E-state index is 0.157. The number of anilines is 1. The highest BCUT2D eigenvalue weighted by Gasteiger charge is 2.36. The third-order valence-electron chi connectivity index (χ3n) is 7.37. The van der Waals surface area contributed by atoms with E-state index in [1.165, 1.54) is 0 Å². The number of carbonyl (C=O) groups excluding carboxylic acids is 4. The smallest absolute Gasteiger partial charge is 0.242 e. The van der Waals surface area contributed by atoms with Crippen molar-refractivity contribution in [1.29, 1.82) is 0 Å². The van der Waals surface area contributed by atoms with E-state index in [0.29, 0.717) is 66.8 Å². The van der Waals surface area contributed by atoms with Gasteiger partial charge in [0.15, 0.2) is 11.6 Å². The molecule has 0 radical (unpaired) electrons. The average Bonchev–Trinajstić information content (AvgIpc) is 3.46. The highest BCUT2D eigenvalue weighted by Crippen LogP contribution is 2.31. The molecule has 1 aliphatic heterocycles. The molecule has 39 heavy (non-hydrogen) atoms. The molecule has 4 N–H and O–H groups in total. The van der Waals surface area contributed by atoms with Crippen LogP contribution in [0.2, 0.25) is 0 Å². The Hall–Kier alpha value is -4.30. The molecule has 0 bridgehead atoms. The summed E-state index contributed by atoms with van der Waals surface area (Å²) in [4.78, 5) is 53.6. The molecule has 1 fully saturated rings. The summed E-state index contributed by atoms with van der Waals surface area (Å²) in [6.07, 6.45) is 2.40.